The number of hydrogen-bond acceptors (Lipinski definition) is 3. The largest absolute Gasteiger partial charge is 0.395 e. The van der Waals surface area contributed by atoms with E-state index in [9.17, 15) is 4.79 Å². The lowest BCUT2D eigenvalue weighted by atomic mass is 9.91. The van der Waals surface area contributed by atoms with Crippen LogP contribution in [0.25, 0.3) is 0 Å². The molecule has 0 radical (unpaired) electrons. The monoisotopic (exact) mass is 256 g/mol. The van der Waals surface area contributed by atoms with E-state index in [4.69, 9.17) is 5.11 Å². The number of carbonyl (C=O) groups excluding carboxylic acids is 1. The van der Waals surface area contributed by atoms with Crippen LogP contribution in [0, 0.1) is 5.92 Å². The highest BCUT2D eigenvalue weighted by molar-refractivity contribution is 5.79. The van der Waals surface area contributed by atoms with E-state index in [1.165, 1.54) is 0 Å². The zero-order valence-corrected chi connectivity index (χ0v) is 12.0. The van der Waals surface area contributed by atoms with Gasteiger partial charge in [0.15, 0.2) is 0 Å². The molecule has 0 aromatic carbocycles. The molecular formula is C14H28N2O2. The Labute approximate surface area is 111 Å². The van der Waals surface area contributed by atoms with E-state index in [1.807, 2.05) is 4.90 Å². The van der Waals surface area contributed by atoms with Crippen molar-refractivity contribution < 1.29 is 9.90 Å². The van der Waals surface area contributed by atoms with Gasteiger partial charge >= 0.3 is 0 Å². The van der Waals surface area contributed by atoms with Crippen LogP contribution < -0.4 is 5.32 Å². The van der Waals surface area contributed by atoms with E-state index in [0.717, 1.165) is 32.2 Å². The Hall–Kier alpha value is -0.610. The minimum absolute atomic E-state index is 0.0583. The third kappa shape index (κ3) is 3.95. The Morgan fingerprint density at radius 2 is 2.11 bits per heavy atom. The highest BCUT2D eigenvalue weighted by Crippen LogP contribution is 2.21. The molecule has 0 spiro atoms. The maximum Gasteiger partial charge on any atom is 0.226 e. The number of nitrogens with one attached hydrogen (secondary N) is 1. The van der Waals surface area contributed by atoms with Crippen molar-refractivity contribution in [3.63, 3.8) is 0 Å². The van der Waals surface area contributed by atoms with Crippen molar-refractivity contribution >= 4 is 5.91 Å². The molecule has 0 bridgehead atoms. The molecule has 4 heteroatoms. The topological polar surface area (TPSA) is 52.6 Å². The smallest absolute Gasteiger partial charge is 0.226 e. The van der Waals surface area contributed by atoms with E-state index in [0.29, 0.717) is 12.6 Å². The number of hydrogen-bond donors (Lipinski definition) is 2. The summed E-state index contributed by atoms with van der Waals surface area (Å²) in [6.45, 7) is 7.81. The van der Waals surface area contributed by atoms with Crippen molar-refractivity contribution in [3.05, 3.63) is 0 Å². The van der Waals surface area contributed by atoms with Crippen molar-refractivity contribution in [2.75, 3.05) is 19.7 Å². The number of aliphatic hydroxyl groups excluding tert-OH is 1. The SMILES string of the molecule is CCC(CC)N(CCO)C(=O)C1CCNC(C)C1. The van der Waals surface area contributed by atoms with Crippen LogP contribution in [0.15, 0.2) is 0 Å². The van der Waals surface area contributed by atoms with Gasteiger partial charge in [-0.25, -0.2) is 0 Å². The maximum absolute atomic E-state index is 12.6. The fraction of sp³-hybridized carbons (Fsp3) is 0.929. The normalized spacial score (nSPS) is 24.3. The van der Waals surface area contributed by atoms with Gasteiger partial charge in [-0.15, -0.1) is 0 Å². The first-order valence-corrected chi connectivity index (χ1v) is 7.28. The predicted octanol–water partition coefficient (Wildman–Crippen LogP) is 1.38. The minimum Gasteiger partial charge on any atom is -0.395 e. The third-order valence-electron chi connectivity index (χ3n) is 3.98. The lowest BCUT2D eigenvalue weighted by molar-refractivity contribution is -0.140. The molecule has 1 aliphatic rings. The van der Waals surface area contributed by atoms with Crippen molar-refractivity contribution in [3.8, 4) is 0 Å². The van der Waals surface area contributed by atoms with Crippen molar-refractivity contribution in [1.82, 2.24) is 10.2 Å². The molecule has 4 nitrogen and oxygen atoms in total. The molecule has 1 rings (SSSR count). The molecule has 0 aliphatic carbocycles. The molecule has 1 aliphatic heterocycles. The number of carbonyl (C=O) groups is 1. The first-order chi connectivity index (χ1) is 8.63. The van der Waals surface area contributed by atoms with Gasteiger partial charge in [-0.2, -0.15) is 0 Å². The number of aliphatic hydroxyl groups is 1. The lowest BCUT2D eigenvalue weighted by Crippen LogP contribution is -2.48. The summed E-state index contributed by atoms with van der Waals surface area (Å²) in [4.78, 5) is 14.5. The van der Waals surface area contributed by atoms with Gasteiger partial charge in [0, 0.05) is 24.5 Å². The summed E-state index contributed by atoms with van der Waals surface area (Å²) < 4.78 is 0. The molecule has 106 valence electrons. The first kappa shape index (κ1) is 15.4. The van der Waals surface area contributed by atoms with E-state index < -0.39 is 0 Å². The second-order valence-corrected chi connectivity index (χ2v) is 5.30. The highest BCUT2D eigenvalue weighted by atomic mass is 16.3. The van der Waals surface area contributed by atoms with Crippen LogP contribution in [-0.2, 0) is 4.79 Å². The minimum atomic E-state index is 0.0583. The van der Waals surface area contributed by atoms with Gasteiger partial charge in [0.2, 0.25) is 5.91 Å². The molecule has 2 N–H and O–H groups in total. The Morgan fingerprint density at radius 1 is 1.44 bits per heavy atom. The van der Waals surface area contributed by atoms with Crippen LogP contribution in [0.1, 0.15) is 46.5 Å². The molecular weight excluding hydrogens is 228 g/mol. The van der Waals surface area contributed by atoms with Crippen LogP contribution in [0.2, 0.25) is 0 Å². The van der Waals surface area contributed by atoms with Crippen molar-refractivity contribution in [2.24, 2.45) is 5.92 Å². The molecule has 2 unspecified atom stereocenters. The van der Waals surface area contributed by atoms with Crippen LogP contribution in [0.3, 0.4) is 0 Å². The summed E-state index contributed by atoms with van der Waals surface area (Å²) in [5.74, 6) is 0.375. The molecule has 0 aromatic rings. The summed E-state index contributed by atoms with van der Waals surface area (Å²) in [5.41, 5.74) is 0. The molecule has 0 saturated carbocycles. The van der Waals surface area contributed by atoms with E-state index in [2.05, 4.69) is 26.1 Å². The zero-order valence-electron chi connectivity index (χ0n) is 12.0. The molecule has 18 heavy (non-hydrogen) atoms. The molecule has 1 amide bonds. The fourth-order valence-electron chi connectivity index (χ4n) is 2.90. The summed E-state index contributed by atoms with van der Waals surface area (Å²) in [7, 11) is 0. The van der Waals surface area contributed by atoms with Gasteiger partial charge in [-0.05, 0) is 39.2 Å². The van der Waals surface area contributed by atoms with Gasteiger partial charge in [0.25, 0.3) is 0 Å². The van der Waals surface area contributed by atoms with E-state index >= 15 is 0 Å². The summed E-state index contributed by atoms with van der Waals surface area (Å²) in [6, 6.07) is 0.695. The third-order valence-corrected chi connectivity index (χ3v) is 3.98. The second-order valence-electron chi connectivity index (χ2n) is 5.30. The van der Waals surface area contributed by atoms with Gasteiger partial charge in [-0.1, -0.05) is 13.8 Å². The molecule has 1 saturated heterocycles. The number of amides is 1. The predicted molar refractivity (Wildman–Crippen MR) is 73.4 cm³/mol. The Bertz CT molecular complexity index is 254. The maximum atomic E-state index is 12.6. The molecule has 2 atom stereocenters. The van der Waals surface area contributed by atoms with Gasteiger partial charge < -0.3 is 15.3 Å². The standard InChI is InChI=1S/C14H28N2O2/c1-4-13(5-2)16(8-9-17)14(18)12-6-7-15-11(3)10-12/h11-13,15,17H,4-10H2,1-3H3. The second kappa shape index (κ2) is 7.74. The fourth-order valence-corrected chi connectivity index (χ4v) is 2.90. The lowest BCUT2D eigenvalue weighted by Gasteiger charge is -2.36. The van der Waals surface area contributed by atoms with Gasteiger partial charge in [0.05, 0.1) is 6.61 Å². The Balaban J connectivity index is 2.68. The van der Waals surface area contributed by atoms with Crippen LogP contribution in [0.5, 0.6) is 0 Å². The van der Waals surface area contributed by atoms with E-state index in [1.54, 1.807) is 0 Å². The number of rotatable bonds is 6. The molecule has 1 fully saturated rings. The Morgan fingerprint density at radius 3 is 2.61 bits per heavy atom. The average molecular weight is 256 g/mol. The van der Waals surface area contributed by atoms with Crippen molar-refractivity contribution in [1.29, 1.82) is 0 Å². The zero-order chi connectivity index (χ0) is 13.5. The quantitative estimate of drug-likeness (QED) is 0.755. The summed E-state index contributed by atoms with van der Waals surface area (Å²) >= 11 is 0. The Kier molecular flexibility index (Phi) is 6.65. The van der Waals surface area contributed by atoms with Gasteiger partial charge in [0.1, 0.15) is 0 Å². The van der Waals surface area contributed by atoms with Crippen molar-refractivity contribution in [2.45, 2.75) is 58.5 Å². The number of nitrogens with zero attached hydrogens (tertiary/aromatic N) is 1. The highest BCUT2D eigenvalue weighted by Gasteiger charge is 2.30. The van der Waals surface area contributed by atoms with Gasteiger partial charge in [-0.3, -0.25) is 4.79 Å². The van der Waals surface area contributed by atoms with Crippen LogP contribution in [0.4, 0.5) is 0 Å². The molecule has 0 aromatic heterocycles. The van der Waals surface area contributed by atoms with Crippen LogP contribution in [-0.4, -0.2) is 47.7 Å². The summed E-state index contributed by atoms with van der Waals surface area (Å²) in [5, 5.41) is 12.5. The first-order valence-electron chi connectivity index (χ1n) is 7.28. The van der Waals surface area contributed by atoms with E-state index in [-0.39, 0.29) is 24.5 Å². The molecule has 1 heterocycles. The average Bonchev–Trinajstić information content (AvgIpc) is 2.38. The number of piperidine rings is 1. The van der Waals surface area contributed by atoms with Crippen LogP contribution >= 0.6 is 0 Å². The summed E-state index contributed by atoms with van der Waals surface area (Å²) in [6.07, 6.45) is 3.76.